The molecular formula is C21H24ClN5O3. The molecule has 1 aliphatic rings. The summed E-state index contributed by atoms with van der Waals surface area (Å²) >= 11 is 5.93. The lowest BCUT2D eigenvalue weighted by molar-refractivity contribution is -0.130. The van der Waals surface area contributed by atoms with Crippen LogP contribution in [-0.4, -0.2) is 55.5 Å². The highest BCUT2D eigenvalue weighted by Gasteiger charge is 2.21. The van der Waals surface area contributed by atoms with E-state index in [1.54, 1.807) is 29.2 Å². The van der Waals surface area contributed by atoms with Crippen molar-refractivity contribution in [3.05, 3.63) is 64.7 Å². The number of nitrogens with two attached hydrogens (primary N) is 1. The van der Waals surface area contributed by atoms with Gasteiger partial charge in [-0.3, -0.25) is 9.59 Å². The van der Waals surface area contributed by atoms with Crippen molar-refractivity contribution in [2.24, 2.45) is 5.73 Å². The minimum Gasteiger partial charge on any atom is -0.368 e. The number of piperazine rings is 1. The highest BCUT2D eigenvalue weighted by molar-refractivity contribution is 6.30. The van der Waals surface area contributed by atoms with Crippen molar-refractivity contribution in [1.29, 1.82) is 0 Å². The standard InChI is InChI=1S/C21H24ClN5O3/c22-17-5-7-18(8-6-17)26-9-11-27(12-10-26)19(28)14-24-20(29)16-3-1-15(2-4-16)13-25-21(23)30/h1-8H,9-14H2,(H,24,29)(H3,23,25,30). The van der Waals surface area contributed by atoms with E-state index in [9.17, 15) is 14.4 Å². The first-order valence-corrected chi connectivity index (χ1v) is 9.99. The molecule has 30 heavy (non-hydrogen) atoms. The van der Waals surface area contributed by atoms with Crippen LogP contribution in [0.3, 0.4) is 0 Å². The third-order valence-electron chi connectivity index (χ3n) is 4.91. The zero-order valence-corrected chi connectivity index (χ0v) is 17.2. The van der Waals surface area contributed by atoms with E-state index < -0.39 is 6.03 Å². The van der Waals surface area contributed by atoms with Gasteiger partial charge in [-0.05, 0) is 42.0 Å². The van der Waals surface area contributed by atoms with Gasteiger partial charge in [-0.2, -0.15) is 0 Å². The molecule has 1 aliphatic heterocycles. The Labute approximate surface area is 180 Å². The molecule has 0 aliphatic carbocycles. The van der Waals surface area contributed by atoms with Gasteiger partial charge in [0.25, 0.3) is 5.91 Å². The molecule has 0 saturated carbocycles. The van der Waals surface area contributed by atoms with Crippen LogP contribution < -0.4 is 21.3 Å². The number of urea groups is 1. The van der Waals surface area contributed by atoms with E-state index in [0.717, 1.165) is 24.3 Å². The minimum absolute atomic E-state index is 0.0508. The quantitative estimate of drug-likeness (QED) is 0.648. The molecule has 4 amide bonds. The summed E-state index contributed by atoms with van der Waals surface area (Å²) in [4.78, 5) is 39.4. The summed E-state index contributed by atoms with van der Waals surface area (Å²) in [6.07, 6.45) is 0. The van der Waals surface area contributed by atoms with Crippen LogP contribution in [0.25, 0.3) is 0 Å². The summed E-state index contributed by atoms with van der Waals surface area (Å²) in [5.74, 6) is -0.432. The number of benzene rings is 2. The Bertz CT molecular complexity index is 894. The van der Waals surface area contributed by atoms with Gasteiger partial charge in [0.1, 0.15) is 0 Å². The maximum Gasteiger partial charge on any atom is 0.312 e. The van der Waals surface area contributed by atoms with Crippen molar-refractivity contribution >= 4 is 35.1 Å². The fourth-order valence-corrected chi connectivity index (χ4v) is 3.32. The monoisotopic (exact) mass is 429 g/mol. The van der Waals surface area contributed by atoms with Gasteiger partial charge in [0.05, 0.1) is 6.54 Å². The average Bonchev–Trinajstić information content (AvgIpc) is 2.77. The normalized spacial score (nSPS) is 13.6. The molecule has 3 rings (SSSR count). The number of nitrogens with zero attached hydrogens (tertiary/aromatic N) is 2. The number of primary amides is 1. The third kappa shape index (κ3) is 5.87. The summed E-state index contributed by atoms with van der Waals surface area (Å²) in [7, 11) is 0. The molecule has 1 fully saturated rings. The van der Waals surface area contributed by atoms with Crippen molar-refractivity contribution in [3.63, 3.8) is 0 Å². The Hall–Kier alpha value is -3.26. The van der Waals surface area contributed by atoms with E-state index in [1.165, 1.54) is 0 Å². The van der Waals surface area contributed by atoms with Crippen LogP contribution in [0.5, 0.6) is 0 Å². The number of hydrogen-bond donors (Lipinski definition) is 3. The number of carbonyl (C=O) groups is 3. The van der Waals surface area contributed by atoms with E-state index in [1.807, 2.05) is 24.3 Å². The van der Waals surface area contributed by atoms with Crippen LogP contribution in [0, 0.1) is 0 Å². The Morgan fingerprint density at radius 1 is 0.900 bits per heavy atom. The van der Waals surface area contributed by atoms with Crippen LogP contribution in [0.4, 0.5) is 10.5 Å². The molecule has 2 aromatic carbocycles. The van der Waals surface area contributed by atoms with E-state index in [0.29, 0.717) is 23.7 Å². The maximum absolute atomic E-state index is 12.4. The predicted molar refractivity (Wildman–Crippen MR) is 115 cm³/mol. The molecule has 0 unspecified atom stereocenters. The van der Waals surface area contributed by atoms with E-state index in [-0.39, 0.29) is 24.9 Å². The Morgan fingerprint density at radius 2 is 1.53 bits per heavy atom. The minimum atomic E-state index is -0.607. The van der Waals surface area contributed by atoms with E-state index in [2.05, 4.69) is 15.5 Å². The topological polar surface area (TPSA) is 108 Å². The molecule has 9 heteroatoms. The first kappa shape index (κ1) is 21.4. The van der Waals surface area contributed by atoms with Crippen molar-refractivity contribution in [3.8, 4) is 0 Å². The molecule has 1 heterocycles. The van der Waals surface area contributed by atoms with E-state index in [4.69, 9.17) is 17.3 Å². The summed E-state index contributed by atoms with van der Waals surface area (Å²) in [6, 6.07) is 13.8. The van der Waals surface area contributed by atoms with Gasteiger partial charge in [-0.25, -0.2) is 4.79 Å². The van der Waals surface area contributed by atoms with Gasteiger partial charge in [0.2, 0.25) is 5.91 Å². The fourth-order valence-electron chi connectivity index (χ4n) is 3.20. The summed E-state index contributed by atoms with van der Waals surface area (Å²) in [6.45, 7) is 2.88. The number of carbonyl (C=O) groups excluding carboxylic acids is 3. The van der Waals surface area contributed by atoms with Crippen LogP contribution in [0.1, 0.15) is 15.9 Å². The molecule has 158 valence electrons. The Kier molecular flexibility index (Phi) is 7.13. The largest absolute Gasteiger partial charge is 0.368 e. The molecule has 0 spiro atoms. The number of halogens is 1. The number of rotatable bonds is 6. The molecule has 0 bridgehead atoms. The first-order chi connectivity index (χ1) is 14.4. The first-order valence-electron chi connectivity index (χ1n) is 9.61. The second-order valence-corrected chi connectivity index (χ2v) is 7.38. The average molecular weight is 430 g/mol. The highest BCUT2D eigenvalue weighted by Crippen LogP contribution is 2.19. The van der Waals surface area contributed by atoms with Crippen molar-refractivity contribution in [2.45, 2.75) is 6.54 Å². The zero-order chi connectivity index (χ0) is 21.5. The summed E-state index contributed by atoms with van der Waals surface area (Å²) < 4.78 is 0. The molecule has 0 aromatic heterocycles. The lowest BCUT2D eigenvalue weighted by atomic mass is 10.1. The van der Waals surface area contributed by atoms with Gasteiger partial charge < -0.3 is 26.2 Å². The van der Waals surface area contributed by atoms with Gasteiger partial charge >= 0.3 is 6.03 Å². The van der Waals surface area contributed by atoms with Crippen molar-refractivity contribution < 1.29 is 14.4 Å². The second-order valence-electron chi connectivity index (χ2n) is 6.94. The Morgan fingerprint density at radius 3 is 2.13 bits per heavy atom. The molecule has 8 nitrogen and oxygen atoms in total. The summed E-state index contributed by atoms with van der Waals surface area (Å²) in [5.41, 5.74) is 7.37. The number of nitrogens with one attached hydrogen (secondary N) is 2. The third-order valence-corrected chi connectivity index (χ3v) is 5.16. The fraction of sp³-hybridized carbons (Fsp3) is 0.286. The van der Waals surface area contributed by atoms with Crippen LogP contribution in [0.2, 0.25) is 5.02 Å². The molecule has 2 aromatic rings. The highest BCUT2D eigenvalue weighted by atomic mass is 35.5. The summed E-state index contributed by atoms with van der Waals surface area (Å²) in [5, 5.41) is 5.84. The van der Waals surface area contributed by atoms with Gasteiger partial charge in [0, 0.05) is 49.0 Å². The van der Waals surface area contributed by atoms with E-state index >= 15 is 0 Å². The molecular weight excluding hydrogens is 406 g/mol. The smallest absolute Gasteiger partial charge is 0.312 e. The van der Waals surface area contributed by atoms with Crippen LogP contribution in [-0.2, 0) is 11.3 Å². The van der Waals surface area contributed by atoms with Gasteiger partial charge in [-0.15, -0.1) is 0 Å². The second kappa shape index (κ2) is 9.98. The SMILES string of the molecule is NC(=O)NCc1ccc(C(=O)NCC(=O)N2CCN(c3ccc(Cl)cc3)CC2)cc1. The van der Waals surface area contributed by atoms with Crippen molar-refractivity contribution in [2.75, 3.05) is 37.6 Å². The van der Waals surface area contributed by atoms with Crippen LogP contribution >= 0.6 is 11.6 Å². The number of amides is 4. The molecule has 4 N–H and O–H groups in total. The number of anilines is 1. The molecule has 0 radical (unpaired) electrons. The van der Waals surface area contributed by atoms with Gasteiger partial charge in [-0.1, -0.05) is 23.7 Å². The maximum atomic E-state index is 12.4. The molecule has 1 saturated heterocycles. The lowest BCUT2D eigenvalue weighted by Crippen LogP contribution is -2.51. The Balaban J connectivity index is 1.43. The van der Waals surface area contributed by atoms with Crippen molar-refractivity contribution in [1.82, 2.24) is 15.5 Å². The van der Waals surface area contributed by atoms with Gasteiger partial charge in [0.15, 0.2) is 0 Å². The number of hydrogen-bond acceptors (Lipinski definition) is 4. The lowest BCUT2D eigenvalue weighted by Gasteiger charge is -2.36. The predicted octanol–water partition coefficient (Wildman–Crippen LogP) is 1.59. The zero-order valence-electron chi connectivity index (χ0n) is 16.4. The molecule has 0 atom stereocenters. The van der Waals surface area contributed by atoms with Crippen LogP contribution in [0.15, 0.2) is 48.5 Å².